The molecule has 4 nitrogen and oxygen atoms in total. The van der Waals surface area contributed by atoms with Crippen LogP contribution in [0.4, 0.5) is 0 Å². The van der Waals surface area contributed by atoms with Crippen LogP contribution in [0, 0.1) is 0 Å². The largest absolute Gasteiger partial charge is 0.392 e. The van der Waals surface area contributed by atoms with Gasteiger partial charge in [-0.05, 0) is 6.42 Å². The van der Waals surface area contributed by atoms with E-state index < -0.39 is 0 Å². The Morgan fingerprint density at radius 2 is 2.27 bits per heavy atom. The molecule has 2 unspecified atom stereocenters. The zero-order valence-electron chi connectivity index (χ0n) is 6.87. The van der Waals surface area contributed by atoms with E-state index in [9.17, 15) is 4.79 Å². The van der Waals surface area contributed by atoms with Crippen molar-refractivity contribution in [2.75, 3.05) is 20.6 Å². The number of nitrogens with zero attached hydrogens (tertiary/aromatic N) is 1. The topological polar surface area (TPSA) is 52.6 Å². The van der Waals surface area contributed by atoms with E-state index in [0.29, 0.717) is 13.0 Å². The summed E-state index contributed by atoms with van der Waals surface area (Å²) in [6.07, 6.45) is 0.181. The van der Waals surface area contributed by atoms with Crippen molar-refractivity contribution in [1.29, 1.82) is 0 Å². The molecule has 1 aliphatic rings. The van der Waals surface area contributed by atoms with Gasteiger partial charge < -0.3 is 15.3 Å². The molecule has 4 heteroatoms. The average molecular weight is 158 g/mol. The highest BCUT2D eigenvalue weighted by molar-refractivity contribution is 5.81. The van der Waals surface area contributed by atoms with E-state index >= 15 is 0 Å². The van der Waals surface area contributed by atoms with Crippen molar-refractivity contribution in [1.82, 2.24) is 10.2 Å². The summed E-state index contributed by atoms with van der Waals surface area (Å²) in [5, 5.41) is 12.0. The van der Waals surface area contributed by atoms with E-state index in [1.165, 1.54) is 4.90 Å². The van der Waals surface area contributed by atoms with E-state index in [2.05, 4.69) is 5.32 Å². The van der Waals surface area contributed by atoms with Crippen LogP contribution in [-0.4, -0.2) is 48.7 Å². The molecule has 1 rings (SSSR count). The minimum Gasteiger partial charge on any atom is -0.392 e. The predicted molar refractivity (Wildman–Crippen MR) is 41.1 cm³/mol. The molecule has 64 valence electrons. The third-order valence-corrected chi connectivity index (χ3v) is 1.85. The normalized spacial score (nSPS) is 30.5. The van der Waals surface area contributed by atoms with Gasteiger partial charge in [0, 0.05) is 20.6 Å². The minimum atomic E-state index is -0.358. The molecule has 1 amide bonds. The lowest BCUT2D eigenvalue weighted by Crippen LogP contribution is -2.39. The van der Waals surface area contributed by atoms with Gasteiger partial charge in [0.25, 0.3) is 0 Å². The molecule has 0 aliphatic carbocycles. The molecule has 0 aromatic carbocycles. The Bertz CT molecular complexity index is 159. The third kappa shape index (κ3) is 1.91. The molecule has 1 heterocycles. The number of β-amino-alcohol motifs (C(OH)–C–C–N with tert-alkyl or cyclic N) is 1. The van der Waals surface area contributed by atoms with Crippen LogP contribution >= 0.6 is 0 Å². The molecule has 1 saturated heterocycles. The first-order valence-corrected chi connectivity index (χ1v) is 3.74. The van der Waals surface area contributed by atoms with Crippen LogP contribution < -0.4 is 5.32 Å². The summed E-state index contributed by atoms with van der Waals surface area (Å²) in [6, 6.07) is -0.181. The summed E-state index contributed by atoms with van der Waals surface area (Å²) in [6.45, 7) is 0.532. The van der Waals surface area contributed by atoms with E-state index in [1.54, 1.807) is 14.1 Å². The van der Waals surface area contributed by atoms with Crippen molar-refractivity contribution in [3.8, 4) is 0 Å². The Morgan fingerprint density at radius 1 is 1.64 bits per heavy atom. The van der Waals surface area contributed by atoms with Gasteiger partial charge in [-0.2, -0.15) is 0 Å². The highest BCUT2D eigenvalue weighted by Crippen LogP contribution is 2.07. The van der Waals surface area contributed by atoms with Gasteiger partial charge in [-0.25, -0.2) is 0 Å². The standard InChI is InChI=1S/C7H14N2O2/c1-9(2)7(11)6-3-5(10)4-8-6/h5-6,8,10H,3-4H2,1-2H3. The van der Waals surface area contributed by atoms with E-state index in [1.807, 2.05) is 0 Å². The molecule has 0 saturated carbocycles. The molecule has 11 heavy (non-hydrogen) atoms. The Hall–Kier alpha value is -0.610. The molecule has 0 spiro atoms. The van der Waals surface area contributed by atoms with Gasteiger partial charge in [0.15, 0.2) is 0 Å². The van der Waals surface area contributed by atoms with Crippen molar-refractivity contribution in [3.63, 3.8) is 0 Å². The highest BCUT2D eigenvalue weighted by atomic mass is 16.3. The molecule has 0 bridgehead atoms. The molecule has 0 radical (unpaired) electrons. The van der Waals surface area contributed by atoms with Crippen LogP contribution in [0.15, 0.2) is 0 Å². The van der Waals surface area contributed by atoms with Gasteiger partial charge in [-0.15, -0.1) is 0 Å². The lowest BCUT2D eigenvalue weighted by atomic mass is 10.2. The molecular weight excluding hydrogens is 144 g/mol. The van der Waals surface area contributed by atoms with Gasteiger partial charge in [0.1, 0.15) is 0 Å². The van der Waals surface area contributed by atoms with E-state index in [4.69, 9.17) is 5.11 Å². The lowest BCUT2D eigenvalue weighted by Gasteiger charge is -2.15. The molecule has 0 aromatic heterocycles. The SMILES string of the molecule is CN(C)C(=O)C1CC(O)CN1. The second-order valence-corrected chi connectivity index (χ2v) is 3.08. The number of nitrogens with one attached hydrogen (secondary N) is 1. The number of aliphatic hydroxyl groups is 1. The first-order valence-electron chi connectivity index (χ1n) is 3.74. The molecule has 2 atom stereocenters. The van der Waals surface area contributed by atoms with Gasteiger partial charge in [0.05, 0.1) is 12.1 Å². The van der Waals surface area contributed by atoms with Gasteiger partial charge >= 0.3 is 0 Å². The van der Waals surface area contributed by atoms with Crippen molar-refractivity contribution >= 4 is 5.91 Å². The number of likely N-dealkylation sites (N-methyl/N-ethyl adjacent to an activating group) is 1. The van der Waals surface area contributed by atoms with Crippen LogP contribution in [0.1, 0.15) is 6.42 Å². The number of rotatable bonds is 1. The number of amides is 1. The van der Waals surface area contributed by atoms with E-state index in [0.717, 1.165) is 0 Å². The zero-order chi connectivity index (χ0) is 8.43. The Labute approximate surface area is 66.2 Å². The smallest absolute Gasteiger partial charge is 0.239 e. The Kier molecular flexibility index (Phi) is 2.46. The monoisotopic (exact) mass is 158 g/mol. The third-order valence-electron chi connectivity index (χ3n) is 1.85. The van der Waals surface area contributed by atoms with Crippen LogP contribution in [0.5, 0.6) is 0 Å². The maximum Gasteiger partial charge on any atom is 0.239 e. The fourth-order valence-corrected chi connectivity index (χ4v) is 1.22. The average Bonchev–Trinajstić information content (AvgIpc) is 2.34. The number of aliphatic hydroxyl groups excluding tert-OH is 1. The predicted octanol–water partition coefficient (Wildman–Crippen LogP) is -1.20. The zero-order valence-corrected chi connectivity index (χ0v) is 6.87. The second kappa shape index (κ2) is 3.19. The second-order valence-electron chi connectivity index (χ2n) is 3.08. The summed E-state index contributed by atoms with van der Waals surface area (Å²) in [7, 11) is 3.43. The molecule has 1 fully saturated rings. The molecular formula is C7H14N2O2. The van der Waals surface area contributed by atoms with Gasteiger partial charge in [0.2, 0.25) is 5.91 Å². The summed E-state index contributed by atoms with van der Waals surface area (Å²) >= 11 is 0. The Morgan fingerprint density at radius 3 is 2.64 bits per heavy atom. The summed E-state index contributed by atoms with van der Waals surface area (Å²) in [5.41, 5.74) is 0. The van der Waals surface area contributed by atoms with Crippen LogP contribution in [-0.2, 0) is 4.79 Å². The Balaban J connectivity index is 2.43. The van der Waals surface area contributed by atoms with Crippen molar-refractivity contribution in [2.24, 2.45) is 0 Å². The van der Waals surface area contributed by atoms with Crippen molar-refractivity contribution < 1.29 is 9.90 Å². The quantitative estimate of drug-likeness (QED) is 0.504. The molecule has 1 aliphatic heterocycles. The maximum absolute atomic E-state index is 11.2. The lowest BCUT2D eigenvalue weighted by molar-refractivity contribution is -0.130. The summed E-state index contributed by atoms with van der Waals surface area (Å²) in [5.74, 6) is 0.0431. The first-order chi connectivity index (χ1) is 5.11. The number of carbonyl (C=O) groups is 1. The summed E-state index contributed by atoms with van der Waals surface area (Å²) < 4.78 is 0. The number of hydrogen-bond acceptors (Lipinski definition) is 3. The van der Waals surface area contributed by atoms with Crippen LogP contribution in [0.25, 0.3) is 0 Å². The fourth-order valence-electron chi connectivity index (χ4n) is 1.22. The van der Waals surface area contributed by atoms with Crippen molar-refractivity contribution in [2.45, 2.75) is 18.6 Å². The summed E-state index contributed by atoms with van der Waals surface area (Å²) in [4.78, 5) is 12.8. The van der Waals surface area contributed by atoms with Gasteiger partial charge in [-0.1, -0.05) is 0 Å². The highest BCUT2D eigenvalue weighted by Gasteiger charge is 2.28. The van der Waals surface area contributed by atoms with Gasteiger partial charge in [-0.3, -0.25) is 4.79 Å². The molecule has 0 aromatic rings. The van der Waals surface area contributed by atoms with Crippen LogP contribution in [0.2, 0.25) is 0 Å². The van der Waals surface area contributed by atoms with Crippen LogP contribution in [0.3, 0.4) is 0 Å². The first kappa shape index (κ1) is 8.49. The molecule has 2 N–H and O–H groups in total. The maximum atomic E-state index is 11.2. The van der Waals surface area contributed by atoms with Crippen molar-refractivity contribution in [3.05, 3.63) is 0 Å². The minimum absolute atomic E-state index is 0.0431. The van der Waals surface area contributed by atoms with E-state index in [-0.39, 0.29) is 18.1 Å². The number of hydrogen-bond donors (Lipinski definition) is 2. The number of carbonyl (C=O) groups excluding carboxylic acids is 1. The fraction of sp³-hybridized carbons (Fsp3) is 0.857.